The number of anilines is 1. The van der Waals surface area contributed by atoms with Crippen LogP contribution in [0.3, 0.4) is 0 Å². The van der Waals surface area contributed by atoms with Crippen LogP contribution in [0.2, 0.25) is 5.02 Å². The molecule has 2 aromatic rings. The molecule has 1 saturated heterocycles. The van der Waals surface area contributed by atoms with Crippen molar-refractivity contribution in [3.63, 3.8) is 0 Å². The lowest BCUT2D eigenvalue weighted by Gasteiger charge is -2.32. The van der Waals surface area contributed by atoms with Gasteiger partial charge in [0.05, 0.1) is 0 Å². The van der Waals surface area contributed by atoms with E-state index in [4.69, 9.17) is 11.6 Å². The minimum atomic E-state index is -0.310. The van der Waals surface area contributed by atoms with Gasteiger partial charge < -0.3 is 15.1 Å². The van der Waals surface area contributed by atoms with Crippen LogP contribution < -0.4 is 5.32 Å². The Balaban J connectivity index is 1.71. The molecule has 0 radical (unpaired) electrons. The number of hydrogen-bond acceptors (Lipinski definition) is 3. The maximum absolute atomic E-state index is 12.7. The molecule has 0 bridgehead atoms. The summed E-state index contributed by atoms with van der Waals surface area (Å²) in [6.45, 7) is 3.89. The molecular formula is C20H20ClN3O3. The summed E-state index contributed by atoms with van der Waals surface area (Å²) < 4.78 is 0. The quantitative estimate of drug-likeness (QED) is 0.823. The Morgan fingerprint density at radius 2 is 1.74 bits per heavy atom. The van der Waals surface area contributed by atoms with Crippen molar-refractivity contribution in [3.8, 4) is 0 Å². The zero-order chi connectivity index (χ0) is 19.4. The summed E-state index contributed by atoms with van der Waals surface area (Å²) in [7, 11) is 0. The fourth-order valence-electron chi connectivity index (χ4n) is 2.88. The second-order valence-corrected chi connectivity index (χ2v) is 6.84. The number of aryl methyl sites for hydroxylation is 1. The molecule has 1 N–H and O–H groups in total. The normalized spacial score (nSPS) is 14.0. The molecule has 1 aliphatic rings. The number of carbonyl (C=O) groups is 3. The standard InChI is InChI=1S/C20H20ClN3O3/c1-14-5-6-17(12-18(14)21)22-19(26)15-3-2-4-16(11-15)20(27)24-9-7-23(13-25)8-10-24/h2-6,11-13H,7-10H2,1H3,(H,22,26). The highest BCUT2D eigenvalue weighted by Crippen LogP contribution is 2.21. The predicted molar refractivity (Wildman–Crippen MR) is 104 cm³/mol. The number of amides is 3. The van der Waals surface area contributed by atoms with Gasteiger partial charge in [-0.15, -0.1) is 0 Å². The van der Waals surface area contributed by atoms with Crippen molar-refractivity contribution in [1.82, 2.24) is 9.80 Å². The molecular weight excluding hydrogens is 366 g/mol. The summed E-state index contributed by atoms with van der Waals surface area (Å²) in [6.07, 6.45) is 0.796. The molecule has 6 nitrogen and oxygen atoms in total. The van der Waals surface area contributed by atoms with E-state index < -0.39 is 0 Å². The Bertz CT molecular complexity index is 877. The molecule has 27 heavy (non-hydrogen) atoms. The molecule has 1 heterocycles. The summed E-state index contributed by atoms with van der Waals surface area (Å²) in [4.78, 5) is 39.3. The van der Waals surface area contributed by atoms with E-state index in [9.17, 15) is 14.4 Å². The van der Waals surface area contributed by atoms with E-state index in [1.165, 1.54) is 0 Å². The molecule has 0 unspecified atom stereocenters. The highest BCUT2D eigenvalue weighted by atomic mass is 35.5. The van der Waals surface area contributed by atoms with Crippen LogP contribution in [0.1, 0.15) is 26.3 Å². The zero-order valence-electron chi connectivity index (χ0n) is 14.9. The second-order valence-electron chi connectivity index (χ2n) is 6.43. The Morgan fingerprint density at radius 3 is 2.41 bits per heavy atom. The van der Waals surface area contributed by atoms with Gasteiger partial charge >= 0.3 is 0 Å². The van der Waals surface area contributed by atoms with E-state index in [2.05, 4.69) is 5.32 Å². The van der Waals surface area contributed by atoms with Crippen LogP contribution in [-0.4, -0.2) is 54.2 Å². The summed E-state index contributed by atoms with van der Waals surface area (Å²) in [5.74, 6) is -0.455. The number of nitrogens with one attached hydrogen (secondary N) is 1. The third-order valence-electron chi connectivity index (χ3n) is 4.55. The molecule has 3 amide bonds. The van der Waals surface area contributed by atoms with Crippen LogP contribution in [0, 0.1) is 6.92 Å². The Morgan fingerprint density at radius 1 is 1.04 bits per heavy atom. The van der Waals surface area contributed by atoms with Gasteiger partial charge in [0, 0.05) is 48.0 Å². The van der Waals surface area contributed by atoms with Gasteiger partial charge in [-0.1, -0.05) is 23.7 Å². The average molecular weight is 386 g/mol. The van der Waals surface area contributed by atoms with Crippen LogP contribution >= 0.6 is 11.6 Å². The van der Waals surface area contributed by atoms with Gasteiger partial charge in [-0.25, -0.2) is 0 Å². The van der Waals surface area contributed by atoms with Crippen LogP contribution in [0.25, 0.3) is 0 Å². The maximum atomic E-state index is 12.7. The zero-order valence-corrected chi connectivity index (χ0v) is 15.7. The highest BCUT2D eigenvalue weighted by Gasteiger charge is 2.22. The van der Waals surface area contributed by atoms with E-state index >= 15 is 0 Å². The van der Waals surface area contributed by atoms with Gasteiger partial charge in [-0.2, -0.15) is 0 Å². The fourth-order valence-corrected chi connectivity index (χ4v) is 3.06. The topological polar surface area (TPSA) is 69.7 Å². The Hall–Kier alpha value is -2.86. The number of hydrogen-bond donors (Lipinski definition) is 1. The van der Waals surface area contributed by atoms with Gasteiger partial charge in [0.15, 0.2) is 0 Å². The summed E-state index contributed by atoms with van der Waals surface area (Å²) >= 11 is 6.09. The van der Waals surface area contributed by atoms with Crippen molar-refractivity contribution in [2.24, 2.45) is 0 Å². The molecule has 3 rings (SSSR count). The van der Waals surface area contributed by atoms with Crippen molar-refractivity contribution in [2.45, 2.75) is 6.92 Å². The van der Waals surface area contributed by atoms with Gasteiger partial charge in [-0.05, 0) is 42.8 Å². The predicted octanol–water partition coefficient (Wildman–Crippen LogP) is 2.81. The van der Waals surface area contributed by atoms with Crippen molar-refractivity contribution < 1.29 is 14.4 Å². The first-order valence-electron chi connectivity index (χ1n) is 8.64. The van der Waals surface area contributed by atoms with E-state index in [1.807, 2.05) is 13.0 Å². The SMILES string of the molecule is Cc1ccc(NC(=O)c2cccc(C(=O)N3CCN(C=O)CC3)c2)cc1Cl. The molecule has 0 spiro atoms. The number of nitrogens with zero attached hydrogens (tertiary/aromatic N) is 2. The fraction of sp³-hybridized carbons (Fsp3) is 0.250. The van der Waals surface area contributed by atoms with Crippen LogP contribution in [-0.2, 0) is 4.79 Å². The van der Waals surface area contributed by atoms with Crippen molar-refractivity contribution in [2.75, 3.05) is 31.5 Å². The maximum Gasteiger partial charge on any atom is 0.255 e. The third-order valence-corrected chi connectivity index (χ3v) is 4.96. The second kappa shape index (κ2) is 8.22. The lowest BCUT2D eigenvalue weighted by molar-refractivity contribution is -0.119. The molecule has 0 saturated carbocycles. The molecule has 0 aromatic heterocycles. The summed E-state index contributed by atoms with van der Waals surface area (Å²) in [6, 6.07) is 11.9. The van der Waals surface area contributed by atoms with E-state index in [1.54, 1.807) is 46.2 Å². The summed E-state index contributed by atoms with van der Waals surface area (Å²) in [5.41, 5.74) is 2.36. The first-order chi connectivity index (χ1) is 13.0. The lowest BCUT2D eigenvalue weighted by Crippen LogP contribution is -2.48. The molecule has 2 aromatic carbocycles. The highest BCUT2D eigenvalue weighted by molar-refractivity contribution is 6.31. The van der Waals surface area contributed by atoms with E-state index in [-0.39, 0.29) is 11.8 Å². The largest absolute Gasteiger partial charge is 0.342 e. The molecule has 0 atom stereocenters. The van der Waals surface area contributed by atoms with Gasteiger partial charge in [0.1, 0.15) is 0 Å². The number of carbonyl (C=O) groups excluding carboxylic acids is 3. The van der Waals surface area contributed by atoms with Crippen LogP contribution in [0.15, 0.2) is 42.5 Å². The first-order valence-corrected chi connectivity index (χ1v) is 9.02. The average Bonchev–Trinajstić information content (AvgIpc) is 2.70. The number of benzene rings is 2. The smallest absolute Gasteiger partial charge is 0.255 e. The molecule has 140 valence electrons. The van der Waals surface area contributed by atoms with E-state index in [0.717, 1.165) is 12.0 Å². The Labute approximate surface area is 162 Å². The molecule has 7 heteroatoms. The van der Waals surface area contributed by atoms with Crippen LogP contribution in [0.5, 0.6) is 0 Å². The number of halogens is 1. The van der Waals surface area contributed by atoms with Crippen molar-refractivity contribution in [3.05, 3.63) is 64.2 Å². The minimum Gasteiger partial charge on any atom is -0.342 e. The van der Waals surface area contributed by atoms with Crippen LogP contribution in [0.4, 0.5) is 5.69 Å². The monoisotopic (exact) mass is 385 g/mol. The molecule has 1 aliphatic heterocycles. The Kier molecular flexibility index (Phi) is 5.76. The van der Waals surface area contributed by atoms with E-state index in [0.29, 0.717) is 48.0 Å². The summed E-state index contributed by atoms with van der Waals surface area (Å²) in [5, 5.41) is 3.37. The van der Waals surface area contributed by atoms with Gasteiger partial charge in [-0.3, -0.25) is 14.4 Å². The van der Waals surface area contributed by atoms with Gasteiger partial charge in [0.2, 0.25) is 6.41 Å². The third kappa shape index (κ3) is 4.46. The number of piperazine rings is 1. The molecule has 1 fully saturated rings. The van der Waals surface area contributed by atoms with Gasteiger partial charge in [0.25, 0.3) is 11.8 Å². The lowest BCUT2D eigenvalue weighted by atomic mass is 10.1. The molecule has 0 aliphatic carbocycles. The van der Waals surface area contributed by atoms with Crippen molar-refractivity contribution >= 4 is 35.5 Å². The number of rotatable bonds is 4. The minimum absolute atomic E-state index is 0.145. The first kappa shape index (κ1) is 18.9. The van der Waals surface area contributed by atoms with Crippen molar-refractivity contribution in [1.29, 1.82) is 0 Å².